The highest BCUT2D eigenvalue weighted by molar-refractivity contribution is 7.10. The van der Waals surface area contributed by atoms with Crippen molar-refractivity contribution in [2.75, 3.05) is 0 Å². The van der Waals surface area contributed by atoms with Crippen molar-refractivity contribution in [3.8, 4) is 11.5 Å². The van der Waals surface area contributed by atoms with Gasteiger partial charge in [0.25, 0.3) is 5.56 Å². The molecule has 0 saturated heterocycles. The van der Waals surface area contributed by atoms with Crippen LogP contribution in [0.25, 0.3) is 11.5 Å². The van der Waals surface area contributed by atoms with Gasteiger partial charge in [0.15, 0.2) is 5.82 Å². The average Bonchev–Trinajstić information content (AvgIpc) is 3.13. The first-order valence-electron chi connectivity index (χ1n) is 7.88. The number of nitrogens with zero attached hydrogens (tertiary/aromatic N) is 2. The fraction of sp³-hybridized carbons (Fsp3) is 0.222. The summed E-state index contributed by atoms with van der Waals surface area (Å²) in [5.74, 6) is 0.195. The number of aryl methyl sites for hydroxylation is 1. The number of thiophene rings is 1. The zero-order valence-electron chi connectivity index (χ0n) is 13.9. The molecule has 0 radical (unpaired) electrons. The highest BCUT2D eigenvalue weighted by Crippen LogP contribution is 2.18. The van der Waals surface area contributed by atoms with Crippen LogP contribution in [0.15, 0.2) is 46.7 Å². The zero-order chi connectivity index (χ0) is 17.8. The van der Waals surface area contributed by atoms with Gasteiger partial charge >= 0.3 is 0 Å². The minimum atomic E-state index is -0.313. The van der Waals surface area contributed by atoms with Crippen LogP contribution < -0.4 is 10.9 Å². The highest BCUT2D eigenvalue weighted by Gasteiger charge is 2.16. The molecule has 0 bridgehead atoms. The average molecular weight is 354 g/mol. The van der Waals surface area contributed by atoms with Crippen molar-refractivity contribution in [3.05, 3.63) is 68.4 Å². The summed E-state index contributed by atoms with van der Waals surface area (Å²) < 4.78 is 0. The van der Waals surface area contributed by atoms with E-state index in [4.69, 9.17) is 0 Å². The number of rotatable bonds is 5. The fourth-order valence-corrected chi connectivity index (χ4v) is 3.24. The molecule has 0 aliphatic heterocycles. The normalized spacial score (nSPS) is 11.9. The number of nitrogens with one attached hydrogen (secondary N) is 2. The van der Waals surface area contributed by atoms with Crippen LogP contribution in [0.5, 0.6) is 0 Å². The summed E-state index contributed by atoms with van der Waals surface area (Å²) in [6.45, 7) is 3.65. The molecule has 2 N–H and O–H groups in total. The predicted molar refractivity (Wildman–Crippen MR) is 97.4 cm³/mol. The molecular weight excluding hydrogens is 336 g/mol. The maximum Gasteiger partial charge on any atom is 0.255 e. The minimum absolute atomic E-state index is 0.00756. The van der Waals surface area contributed by atoms with Crippen LogP contribution in [0, 0.1) is 6.92 Å². The van der Waals surface area contributed by atoms with E-state index >= 15 is 0 Å². The molecular formula is C18H18N4O2S. The van der Waals surface area contributed by atoms with Crippen molar-refractivity contribution >= 4 is 17.2 Å². The summed E-state index contributed by atoms with van der Waals surface area (Å²) in [4.78, 5) is 37.0. The lowest BCUT2D eigenvalue weighted by atomic mass is 10.1. The number of hydrogen-bond donors (Lipinski definition) is 2. The van der Waals surface area contributed by atoms with Gasteiger partial charge in [-0.1, -0.05) is 12.1 Å². The number of carbonyl (C=O) groups excluding carboxylic acids is 1. The molecule has 6 nitrogen and oxygen atoms in total. The Bertz CT molecular complexity index is 920. The Labute approximate surface area is 149 Å². The molecule has 3 rings (SSSR count). The SMILES string of the molecule is Cc1nc(-c2ccccn2)[nH]c(=O)c1CC(=O)N[C@@H](C)c1cccs1. The Hall–Kier alpha value is -2.80. The molecule has 3 heterocycles. The minimum Gasteiger partial charge on any atom is -0.348 e. The second-order valence-corrected chi connectivity index (χ2v) is 6.65. The quantitative estimate of drug-likeness (QED) is 0.737. The predicted octanol–water partition coefficient (Wildman–Crippen LogP) is 2.62. The molecule has 0 aromatic carbocycles. The Balaban J connectivity index is 1.77. The Morgan fingerprint density at radius 3 is 2.80 bits per heavy atom. The van der Waals surface area contributed by atoms with Gasteiger partial charge in [0, 0.05) is 22.3 Å². The molecule has 25 heavy (non-hydrogen) atoms. The second-order valence-electron chi connectivity index (χ2n) is 5.67. The van der Waals surface area contributed by atoms with Crippen LogP contribution in [0.1, 0.15) is 29.1 Å². The van der Waals surface area contributed by atoms with Crippen LogP contribution in [-0.4, -0.2) is 20.9 Å². The van der Waals surface area contributed by atoms with Gasteiger partial charge in [0.1, 0.15) is 5.69 Å². The first-order chi connectivity index (χ1) is 12.0. The molecule has 1 amide bonds. The van der Waals surface area contributed by atoms with E-state index in [1.54, 1.807) is 36.6 Å². The molecule has 3 aromatic rings. The summed E-state index contributed by atoms with van der Waals surface area (Å²) in [5, 5.41) is 4.88. The number of aromatic nitrogens is 3. The van der Waals surface area contributed by atoms with Crippen LogP contribution in [0.4, 0.5) is 0 Å². The van der Waals surface area contributed by atoms with Crippen LogP contribution in [-0.2, 0) is 11.2 Å². The molecule has 0 spiro atoms. The van der Waals surface area contributed by atoms with Gasteiger partial charge in [-0.2, -0.15) is 0 Å². The van der Waals surface area contributed by atoms with Gasteiger partial charge in [-0.25, -0.2) is 4.98 Å². The van der Waals surface area contributed by atoms with Crippen molar-refractivity contribution in [2.45, 2.75) is 26.3 Å². The number of hydrogen-bond acceptors (Lipinski definition) is 5. The third kappa shape index (κ3) is 4.00. The van der Waals surface area contributed by atoms with E-state index in [9.17, 15) is 9.59 Å². The third-order valence-electron chi connectivity index (χ3n) is 3.81. The first-order valence-corrected chi connectivity index (χ1v) is 8.76. The van der Waals surface area contributed by atoms with Crippen molar-refractivity contribution in [1.82, 2.24) is 20.3 Å². The Morgan fingerprint density at radius 2 is 2.16 bits per heavy atom. The lowest BCUT2D eigenvalue weighted by Crippen LogP contribution is -2.30. The van der Waals surface area contributed by atoms with Crippen LogP contribution in [0.3, 0.4) is 0 Å². The number of pyridine rings is 1. The zero-order valence-corrected chi connectivity index (χ0v) is 14.8. The van der Waals surface area contributed by atoms with Gasteiger partial charge in [0.2, 0.25) is 5.91 Å². The first kappa shape index (κ1) is 17.0. The maximum absolute atomic E-state index is 12.4. The van der Waals surface area contributed by atoms with Gasteiger partial charge in [-0.05, 0) is 37.4 Å². The summed E-state index contributed by atoms with van der Waals surface area (Å²) in [5.41, 5.74) is 1.18. The molecule has 0 fully saturated rings. The van der Waals surface area contributed by atoms with Gasteiger partial charge < -0.3 is 10.3 Å². The third-order valence-corrected chi connectivity index (χ3v) is 4.87. The highest BCUT2D eigenvalue weighted by atomic mass is 32.1. The molecule has 0 unspecified atom stereocenters. The second kappa shape index (κ2) is 7.40. The number of aromatic amines is 1. The largest absolute Gasteiger partial charge is 0.348 e. The Kier molecular flexibility index (Phi) is 5.04. The van der Waals surface area contributed by atoms with E-state index in [1.807, 2.05) is 30.5 Å². The number of carbonyl (C=O) groups is 1. The topological polar surface area (TPSA) is 87.7 Å². The van der Waals surface area contributed by atoms with E-state index < -0.39 is 0 Å². The van der Waals surface area contributed by atoms with E-state index in [0.717, 1.165) is 4.88 Å². The molecule has 0 saturated carbocycles. The van der Waals surface area contributed by atoms with E-state index in [1.165, 1.54) is 0 Å². The lowest BCUT2D eigenvalue weighted by molar-refractivity contribution is -0.121. The summed E-state index contributed by atoms with van der Waals surface area (Å²) in [7, 11) is 0. The molecule has 0 aliphatic carbocycles. The van der Waals surface area contributed by atoms with Crippen LogP contribution in [0.2, 0.25) is 0 Å². The van der Waals surface area contributed by atoms with Gasteiger partial charge in [-0.3, -0.25) is 14.6 Å². The molecule has 0 aliphatic rings. The molecule has 7 heteroatoms. The van der Waals surface area contributed by atoms with Gasteiger partial charge in [0.05, 0.1) is 12.5 Å². The van der Waals surface area contributed by atoms with E-state index in [0.29, 0.717) is 22.8 Å². The molecule has 128 valence electrons. The van der Waals surface area contributed by atoms with Crippen molar-refractivity contribution in [2.24, 2.45) is 0 Å². The molecule has 1 atom stereocenters. The molecule has 3 aromatic heterocycles. The summed E-state index contributed by atoms with van der Waals surface area (Å²) in [6.07, 6.45) is 1.63. The number of H-pyrrole nitrogens is 1. The smallest absolute Gasteiger partial charge is 0.255 e. The van der Waals surface area contributed by atoms with Gasteiger partial charge in [-0.15, -0.1) is 11.3 Å². The Morgan fingerprint density at radius 1 is 1.32 bits per heavy atom. The summed E-state index contributed by atoms with van der Waals surface area (Å²) >= 11 is 1.58. The van der Waals surface area contributed by atoms with E-state index in [-0.39, 0.29) is 23.9 Å². The summed E-state index contributed by atoms with van der Waals surface area (Å²) in [6, 6.07) is 9.21. The van der Waals surface area contributed by atoms with Crippen molar-refractivity contribution in [3.63, 3.8) is 0 Å². The monoisotopic (exact) mass is 354 g/mol. The van der Waals surface area contributed by atoms with E-state index in [2.05, 4.69) is 20.3 Å². The van der Waals surface area contributed by atoms with Crippen molar-refractivity contribution < 1.29 is 4.79 Å². The maximum atomic E-state index is 12.4. The van der Waals surface area contributed by atoms with Crippen LogP contribution >= 0.6 is 11.3 Å². The number of amides is 1. The lowest BCUT2D eigenvalue weighted by Gasteiger charge is -2.13. The van der Waals surface area contributed by atoms with Crippen molar-refractivity contribution in [1.29, 1.82) is 0 Å². The fourth-order valence-electron chi connectivity index (χ4n) is 2.50. The standard InChI is InChI=1S/C18H18N4O2S/c1-11-13(10-16(23)20-12(2)15-7-5-9-25-15)18(24)22-17(21-11)14-6-3-4-8-19-14/h3-9,12H,10H2,1-2H3,(H,20,23)(H,21,22,24)/t12-/m0/s1.